The molecule has 0 aliphatic rings. The van der Waals surface area contributed by atoms with Crippen LogP contribution < -0.4 is 0 Å². The van der Waals surface area contributed by atoms with Crippen LogP contribution in [0.25, 0.3) is 44.2 Å². The molecule has 0 atom stereocenters. The molecule has 2 heterocycles. The molecular weight excluding hydrogens is 387 g/mol. The molecule has 5 rings (SSSR count). The van der Waals surface area contributed by atoms with Crippen molar-refractivity contribution in [1.82, 2.24) is 9.55 Å². The van der Waals surface area contributed by atoms with Gasteiger partial charge in [-0.3, -0.25) is 4.98 Å². The Hall–Kier alpha value is -2.81. The molecule has 2 aromatic heterocycles. The van der Waals surface area contributed by atoms with Gasteiger partial charge in [0.25, 0.3) is 0 Å². The van der Waals surface area contributed by atoms with Gasteiger partial charge in [0.2, 0.25) is 0 Å². The van der Waals surface area contributed by atoms with Gasteiger partial charge in [-0.05, 0) is 35.9 Å². The Bertz CT molecular complexity index is 1320. The lowest BCUT2D eigenvalue weighted by molar-refractivity contribution is 1.01. The Balaban J connectivity index is 1.95. The van der Waals surface area contributed by atoms with Crippen molar-refractivity contribution in [1.29, 1.82) is 0 Å². The van der Waals surface area contributed by atoms with E-state index >= 15 is 0 Å². The maximum atomic E-state index is 6.16. The topological polar surface area (TPSA) is 17.8 Å². The number of aromatic nitrogens is 2. The minimum Gasteiger partial charge on any atom is -0.342 e. The predicted octanol–water partition coefficient (Wildman–Crippen LogP) is 7.37. The number of pyridine rings is 1. The highest BCUT2D eigenvalue weighted by molar-refractivity contribution is 6.31. The minimum absolute atomic E-state index is 0.711. The molecule has 136 valence electrons. The van der Waals surface area contributed by atoms with Crippen molar-refractivity contribution < 1.29 is 0 Å². The van der Waals surface area contributed by atoms with Gasteiger partial charge in [0, 0.05) is 44.5 Å². The van der Waals surface area contributed by atoms with E-state index in [1.165, 1.54) is 16.3 Å². The molecular formula is C24H16Cl2N2. The lowest BCUT2D eigenvalue weighted by Gasteiger charge is -2.12. The van der Waals surface area contributed by atoms with Crippen molar-refractivity contribution >= 4 is 45.0 Å². The summed E-state index contributed by atoms with van der Waals surface area (Å²) in [5.41, 5.74) is 6.44. The first kappa shape index (κ1) is 17.3. The first-order valence-corrected chi connectivity index (χ1v) is 9.77. The zero-order chi connectivity index (χ0) is 19.3. The van der Waals surface area contributed by atoms with Crippen LogP contribution in [0.4, 0.5) is 0 Å². The van der Waals surface area contributed by atoms with Gasteiger partial charge in [0.05, 0.1) is 17.4 Å². The van der Waals surface area contributed by atoms with Crippen molar-refractivity contribution in [3.63, 3.8) is 0 Å². The van der Waals surface area contributed by atoms with Gasteiger partial charge in [0.15, 0.2) is 0 Å². The molecule has 0 bridgehead atoms. The van der Waals surface area contributed by atoms with Crippen LogP contribution in [0, 0.1) is 0 Å². The summed E-state index contributed by atoms with van der Waals surface area (Å²) in [5, 5.41) is 3.83. The second-order valence-electron chi connectivity index (χ2n) is 6.83. The lowest BCUT2D eigenvalue weighted by Crippen LogP contribution is -1.93. The third-order valence-corrected chi connectivity index (χ3v) is 5.71. The molecule has 0 saturated heterocycles. The number of aryl methyl sites for hydroxylation is 1. The van der Waals surface area contributed by atoms with Gasteiger partial charge in [0.1, 0.15) is 0 Å². The Morgan fingerprint density at radius 2 is 1.32 bits per heavy atom. The molecule has 0 saturated carbocycles. The molecule has 0 aliphatic heterocycles. The second-order valence-corrected chi connectivity index (χ2v) is 7.70. The number of para-hydroxylation sites is 1. The number of halogens is 2. The van der Waals surface area contributed by atoms with Crippen LogP contribution in [0.5, 0.6) is 0 Å². The van der Waals surface area contributed by atoms with Crippen LogP contribution in [-0.4, -0.2) is 9.55 Å². The predicted molar refractivity (Wildman–Crippen MR) is 119 cm³/mol. The minimum atomic E-state index is 0.711. The molecule has 0 fully saturated rings. The summed E-state index contributed by atoms with van der Waals surface area (Å²) in [7, 11) is 2.08. The first-order valence-electron chi connectivity index (χ1n) is 9.01. The van der Waals surface area contributed by atoms with E-state index in [1.807, 2.05) is 42.6 Å². The van der Waals surface area contributed by atoms with E-state index < -0.39 is 0 Å². The third kappa shape index (κ3) is 2.69. The van der Waals surface area contributed by atoms with Crippen molar-refractivity contribution in [2.24, 2.45) is 7.05 Å². The Labute approximate surface area is 173 Å². The van der Waals surface area contributed by atoms with Gasteiger partial charge in [-0.15, -0.1) is 0 Å². The standard InChI is InChI=1S/C24H16Cl2N2/c1-28-20-5-3-2-4-19(20)23-21(28)14-27-24(16-8-12-18(26)13-9-16)22(23)15-6-10-17(25)11-7-15/h2-14H,1H3. The van der Waals surface area contributed by atoms with E-state index in [-0.39, 0.29) is 0 Å². The van der Waals surface area contributed by atoms with Crippen LogP contribution in [0.1, 0.15) is 0 Å². The number of hydrogen-bond acceptors (Lipinski definition) is 1. The number of fused-ring (bicyclic) bond motifs is 3. The SMILES string of the molecule is Cn1c2ccccc2c2c(-c3ccc(Cl)cc3)c(-c3ccc(Cl)cc3)ncc21. The zero-order valence-corrected chi connectivity index (χ0v) is 16.7. The molecule has 0 amide bonds. The Kier molecular flexibility index (Phi) is 4.12. The quantitative estimate of drug-likeness (QED) is 0.301. The first-order chi connectivity index (χ1) is 13.6. The average Bonchev–Trinajstić information content (AvgIpc) is 3.02. The van der Waals surface area contributed by atoms with Crippen LogP contribution in [0.2, 0.25) is 10.0 Å². The fraction of sp³-hybridized carbons (Fsp3) is 0.0417. The number of benzene rings is 3. The smallest absolute Gasteiger partial charge is 0.0788 e. The fourth-order valence-electron chi connectivity index (χ4n) is 3.86. The van der Waals surface area contributed by atoms with Gasteiger partial charge in [-0.1, -0.05) is 65.7 Å². The summed E-state index contributed by atoms with van der Waals surface area (Å²) < 4.78 is 2.20. The maximum absolute atomic E-state index is 6.16. The lowest BCUT2D eigenvalue weighted by atomic mass is 9.95. The summed E-state index contributed by atoms with van der Waals surface area (Å²) in [6.07, 6.45) is 1.96. The van der Waals surface area contributed by atoms with E-state index in [1.54, 1.807) is 0 Å². The molecule has 5 aromatic rings. The number of nitrogens with zero attached hydrogens (tertiary/aromatic N) is 2. The maximum Gasteiger partial charge on any atom is 0.0788 e. The van der Waals surface area contributed by atoms with Gasteiger partial charge in [-0.25, -0.2) is 0 Å². The number of rotatable bonds is 2. The molecule has 0 spiro atoms. The molecule has 0 N–H and O–H groups in total. The summed E-state index contributed by atoms with van der Waals surface area (Å²) in [5.74, 6) is 0. The van der Waals surface area contributed by atoms with Crippen LogP contribution in [0.3, 0.4) is 0 Å². The van der Waals surface area contributed by atoms with Crippen molar-refractivity contribution in [3.05, 3.63) is 89.0 Å². The van der Waals surface area contributed by atoms with Crippen LogP contribution in [0.15, 0.2) is 79.0 Å². The van der Waals surface area contributed by atoms with Gasteiger partial charge < -0.3 is 4.57 Å². The highest BCUT2D eigenvalue weighted by Gasteiger charge is 2.18. The van der Waals surface area contributed by atoms with E-state index in [0.29, 0.717) is 5.02 Å². The third-order valence-electron chi connectivity index (χ3n) is 5.21. The highest BCUT2D eigenvalue weighted by atomic mass is 35.5. The molecule has 4 heteroatoms. The zero-order valence-electron chi connectivity index (χ0n) is 15.2. The van der Waals surface area contributed by atoms with Crippen molar-refractivity contribution in [2.75, 3.05) is 0 Å². The molecule has 0 radical (unpaired) electrons. The van der Waals surface area contributed by atoms with Crippen LogP contribution in [-0.2, 0) is 7.05 Å². The monoisotopic (exact) mass is 402 g/mol. The molecule has 3 aromatic carbocycles. The van der Waals surface area contributed by atoms with E-state index in [0.717, 1.165) is 32.9 Å². The van der Waals surface area contributed by atoms with E-state index in [2.05, 4.69) is 48.0 Å². The van der Waals surface area contributed by atoms with E-state index in [4.69, 9.17) is 28.2 Å². The molecule has 0 unspecified atom stereocenters. The summed E-state index contributed by atoms with van der Waals surface area (Å²) in [6.45, 7) is 0. The average molecular weight is 403 g/mol. The van der Waals surface area contributed by atoms with E-state index in [9.17, 15) is 0 Å². The Morgan fingerprint density at radius 1 is 0.714 bits per heavy atom. The van der Waals surface area contributed by atoms with Crippen LogP contribution >= 0.6 is 23.2 Å². The summed E-state index contributed by atoms with van der Waals surface area (Å²) >= 11 is 12.3. The van der Waals surface area contributed by atoms with Gasteiger partial charge >= 0.3 is 0 Å². The second kappa shape index (κ2) is 6.66. The highest BCUT2D eigenvalue weighted by Crippen LogP contribution is 2.41. The molecule has 2 nitrogen and oxygen atoms in total. The summed E-state index contributed by atoms with van der Waals surface area (Å²) in [6, 6.07) is 24.2. The number of hydrogen-bond donors (Lipinski definition) is 0. The largest absolute Gasteiger partial charge is 0.342 e. The summed E-state index contributed by atoms with van der Waals surface area (Å²) in [4.78, 5) is 4.86. The Morgan fingerprint density at radius 3 is 2.00 bits per heavy atom. The molecule has 28 heavy (non-hydrogen) atoms. The van der Waals surface area contributed by atoms with Gasteiger partial charge in [-0.2, -0.15) is 0 Å². The van der Waals surface area contributed by atoms with Crippen molar-refractivity contribution in [3.8, 4) is 22.4 Å². The fourth-order valence-corrected chi connectivity index (χ4v) is 4.11. The van der Waals surface area contributed by atoms with Crippen molar-refractivity contribution in [2.45, 2.75) is 0 Å². The molecule has 0 aliphatic carbocycles. The normalized spacial score (nSPS) is 11.4.